The summed E-state index contributed by atoms with van der Waals surface area (Å²) in [4.78, 5) is 25.9. The van der Waals surface area contributed by atoms with E-state index in [1.807, 2.05) is 28.8 Å². The largest absolute Gasteiger partial charge is 0.326 e. The third-order valence-corrected chi connectivity index (χ3v) is 3.57. The minimum atomic E-state index is -0.298. The van der Waals surface area contributed by atoms with Crippen LogP contribution in [-0.4, -0.2) is 17.0 Å². The number of carbonyl (C=O) groups is 1. The van der Waals surface area contributed by atoms with Crippen molar-refractivity contribution in [2.24, 2.45) is 0 Å². The minimum absolute atomic E-state index is 0.112. The molecule has 0 atom stereocenters. The molecule has 1 N–H and O–H groups in total. The molecule has 3 rings (SSSR count). The highest BCUT2D eigenvalue weighted by Crippen LogP contribution is 2.18. The normalized spacial score (nSPS) is 15.6. The lowest BCUT2D eigenvalue weighted by Crippen LogP contribution is -2.47. The van der Waals surface area contributed by atoms with Gasteiger partial charge in [-0.2, -0.15) is 0 Å². The van der Waals surface area contributed by atoms with Crippen molar-refractivity contribution in [3.63, 3.8) is 0 Å². The highest BCUT2D eigenvalue weighted by molar-refractivity contribution is 5.94. The summed E-state index contributed by atoms with van der Waals surface area (Å²) >= 11 is 0. The van der Waals surface area contributed by atoms with Gasteiger partial charge < -0.3 is 9.72 Å². The minimum Gasteiger partial charge on any atom is -0.321 e. The number of amides is 2. The van der Waals surface area contributed by atoms with Crippen LogP contribution in [0.25, 0.3) is 5.52 Å². The average Bonchev–Trinajstić information content (AvgIpc) is 2.43. The van der Waals surface area contributed by atoms with Crippen molar-refractivity contribution in [2.45, 2.75) is 13.3 Å². The number of nitrogens with one attached hydrogen (secondary N) is 1. The second-order valence-electron chi connectivity index (χ2n) is 4.90. The van der Waals surface area contributed by atoms with Gasteiger partial charge in [-0.15, -0.1) is 0 Å². The molecule has 2 aromatic rings. The molecule has 1 aliphatic rings. The maximum atomic E-state index is 12.5. The molecule has 3 heterocycles. The Bertz CT molecular complexity index is 776. The van der Waals surface area contributed by atoms with Crippen molar-refractivity contribution in [1.82, 2.24) is 9.72 Å². The van der Waals surface area contributed by atoms with Crippen LogP contribution in [0.3, 0.4) is 0 Å². The van der Waals surface area contributed by atoms with Gasteiger partial charge >= 0.3 is 6.03 Å². The molecule has 0 bridgehead atoms. The summed E-state index contributed by atoms with van der Waals surface area (Å²) in [7, 11) is 0. The maximum Gasteiger partial charge on any atom is 0.326 e. The van der Waals surface area contributed by atoms with E-state index in [1.165, 1.54) is 4.90 Å². The molecule has 2 aromatic heterocycles. The second-order valence-corrected chi connectivity index (χ2v) is 4.90. The topological polar surface area (TPSA) is 53.8 Å². The number of aromatic nitrogens is 1. The Balaban J connectivity index is 2.17. The van der Waals surface area contributed by atoms with Crippen LogP contribution in [0.15, 0.2) is 47.7 Å². The van der Waals surface area contributed by atoms with Gasteiger partial charge in [0, 0.05) is 36.6 Å². The van der Waals surface area contributed by atoms with Crippen LogP contribution in [0.4, 0.5) is 10.5 Å². The van der Waals surface area contributed by atoms with Gasteiger partial charge in [-0.25, -0.2) is 4.79 Å². The molecule has 102 valence electrons. The smallest absolute Gasteiger partial charge is 0.321 e. The van der Waals surface area contributed by atoms with Crippen molar-refractivity contribution < 1.29 is 4.79 Å². The summed E-state index contributed by atoms with van der Waals surface area (Å²) in [6.07, 6.45) is 4.21. The summed E-state index contributed by atoms with van der Waals surface area (Å²) in [6.45, 7) is 5.99. The zero-order chi connectivity index (χ0) is 14.3. The molecule has 0 unspecified atom stereocenters. The van der Waals surface area contributed by atoms with E-state index in [4.69, 9.17) is 0 Å². The fourth-order valence-corrected chi connectivity index (χ4v) is 2.44. The SMILES string of the molecule is C=C1CCN(c2cn3ccccc3c(C)c2=O)C(=O)N1. The first-order chi connectivity index (χ1) is 9.58. The Hall–Kier alpha value is -2.56. The Labute approximate surface area is 116 Å². The monoisotopic (exact) mass is 269 g/mol. The number of hydrogen-bond donors (Lipinski definition) is 1. The number of nitrogens with zero attached hydrogens (tertiary/aromatic N) is 2. The third kappa shape index (κ3) is 1.87. The number of rotatable bonds is 1. The highest BCUT2D eigenvalue weighted by Gasteiger charge is 2.24. The standard InChI is InChI=1S/C15H15N3O2/c1-10-6-8-18(15(20)16-10)13-9-17-7-4-3-5-12(17)11(2)14(13)19/h3-5,7,9H,1,6,8H2,2H3,(H,16,20). The molecule has 5 heteroatoms. The van der Waals surface area contributed by atoms with E-state index in [-0.39, 0.29) is 11.5 Å². The van der Waals surface area contributed by atoms with Gasteiger partial charge in [0.15, 0.2) is 0 Å². The van der Waals surface area contributed by atoms with Crippen molar-refractivity contribution in [1.29, 1.82) is 0 Å². The molecule has 1 aliphatic heterocycles. The quantitative estimate of drug-likeness (QED) is 0.861. The Morgan fingerprint density at radius 2 is 2.10 bits per heavy atom. The van der Waals surface area contributed by atoms with Gasteiger partial charge in [0.2, 0.25) is 5.43 Å². The van der Waals surface area contributed by atoms with Gasteiger partial charge in [-0.05, 0) is 19.1 Å². The fourth-order valence-electron chi connectivity index (χ4n) is 2.44. The van der Waals surface area contributed by atoms with Crippen LogP contribution < -0.4 is 15.6 Å². The lowest BCUT2D eigenvalue weighted by Gasteiger charge is -2.28. The summed E-state index contributed by atoms with van der Waals surface area (Å²) < 4.78 is 1.86. The molecule has 0 aliphatic carbocycles. The first-order valence-electron chi connectivity index (χ1n) is 6.45. The molecule has 0 saturated carbocycles. The molecule has 0 spiro atoms. The molecule has 1 fully saturated rings. The maximum absolute atomic E-state index is 12.5. The van der Waals surface area contributed by atoms with Gasteiger partial charge in [-0.1, -0.05) is 12.6 Å². The molecule has 5 nitrogen and oxygen atoms in total. The van der Waals surface area contributed by atoms with E-state index in [0.717, 1.165) is 5.52 Å². The average molecular weight is 269 g/mol. The predicted octanol–water partition coefficient (Wildman–Crippen LogP) is 2.04. The van der Waals surface area contributed by atoms with E-state index in [2.05, 4.69) is 11.9 Å². The van der Waals surface area contributed by atoms with E-state index in [0.29, 0.717) is 29.9 Å². The van der Waals surface area contributed by atoms with Crippen molar-refractivity contribution in [2.75, 3.05) is 11.4 Å². The molecule has 1 saturated heterocycles. The lowest BCUT2D eigenvalue weighted by atomic mass is 10.1. The first-order valence-corrected chi connectivity index (χ1v) is 6.45. The Kier molecular flexibility index (Phi) is 2.82. The summed E-state index contributed by atoms with van der Waals surface area (Å²) in [6, 6.07) is 5.37. The summed E-state index contributed by atoms with van der Waals surface area (Å²) in [5.41, 5.74) is 2.46. The Morgan fingerprint density at radius 3 is 2.85 bits per heavy atom. The molecule has 0 aromatic carbocycles. The fraction of sp³-hybridized carbons (Fsp3) is 0.200. The number of urea groups is 1. The lowest BCUT2D eigenvalue weighted by molar-refractivity contribution is 0.246. The van der Waals surface area contributed by atoms with E-state index < -0.39 is 0 Å². The molecule has 0 radical (unpaired) electrons. The number of hydrogen-bond acceptors (Lipinski definition) is 2. The number of pyridine rings is 2. The molecular formula is C15H15N3O2. The van der Waals surface area contributed by atoms with Crippen LogP contribution in [-0.2, 0) is 0 Å². The first kappa shape index (κ1) is 12.5. The second kappa shape index (κ2) is 4.52. The number of fused-ring (bicyclic) bond motifs is 1. The van der Waals surface area contributed by atoms with Crippen molar-refractivity contribution >= 4 is 17.2 Å². The highest BCUT2D eigenvalue weighted by atomic mass is 16.2. The van der Waals surface area contributed by atoms with Crippen LogP contribution >= 0.6 is 0 Å². The van der Waals surface area contributed by atoms with Crippen LogP contribution in [0.2, 0.25) is 0 Å². The molecule has 20 heavy (non-hydrogen) atoms. The third-order valence-electron chi connectivity index (χ3n) is 3.57. The van der Waals surface area contributed by atoms with E-state index in [1.54, 1.807) is 13.1 Å². The number of carbonyl (C=O) groups excluding carboxylic acids is 1. The van der Waals surface area contributed by atoms with E-state index >= 15 is 0 Å². The zero-order valence-corrected chi connectivity index (χ0v) is 11.2. The summed E-state index contributed by atoms with van der Waals surface area (Å²) in [5, 5.41) is 2.67. The van der Waals surface area contributed by atoms with Crippen molar-refractivity contribution in [3.8, 4) is 0 Å². The van der Waals surface area contributed by atoms with Gasteiger partial charge in [-0.3, -0.25) is 9.69 Å². The predicted molar refractivity (Wildman–Crippen MR) is 78.0 cm³/mol. The van der Waals surface area contributed by atoms with Crippen molar-refractivity contribution in [3.05, 3.63) is 58.7 Å². The van der Waals surface area contributed by atoms with E-state index in [9.17, 15) is 9.59 Å². The molecular weight excluding hydrogens is 254 g/mol. The van der Waals surface area contributed by atoms with Crippen LogP contribution in [0.1, 0.15) is 12.0 Å². The summed E-state index contributed by atoms with van der Waals surface area (Å²) in [5.74, 6) is 0. The number of anilines is 1. The van der Waals surface area contributed by atoms with Crippen LogP contribution in [0, 0.1) is 6.92 Å². The molecule has 2 amide bonds. The van der Waals surface area contributed by atoms with Gasteiger partial charge in [0.1, 0.15) is 5.69 Å². The van der Waals surface area contributed by atoms with Gasteiger partial charge in [0.05, 0.1) is 5.52 Å². The number of aryl methyl sites for hydroxylation is 1. The Morgan fingerprint density at radius 1 is 1.30 bits per heavy atom. The zero-order valence-electron chi connectivity index (χ0n) is 11.2. The van der Waals surface area contributed by atoms with Gasteiger partial charge in [0.25, 0.3) is 0 Å². The van der Waals surface area contributed by atoms with Crippen LogP contribution in [0.5, 0.6) is 0 Å².